The zero-order chi connectivity index (χ0) is 11.5. The lowest BCUT2D eigenvalue weighted by molar-refractivity contribution is -0.131. The van der Waals surface area contributed by atoms with E-state index in [0.29, 0.717) is 5.56 Å². The van der Waals surface area contributed by atoms with Crippen molar-refractivity contribution in [2.45, 2.75) is 25.7 Å². The summed E-state index contributed by atoms with van der Waals surface area (Å²) in [6.45, 7) is 0. The summed E-state index contributed by atoms with van der Waals surface area (Å²) in [5, 5.41) is 18.5. The monoisotopic (exact) mass is 218 g/mol. The number of aromatic hydroxyl groups is 1. The molecule has 0 spiro atoms. The molecule has 1 aliphatic carbocycles. The molecule has 3 nitrogen and oxygen atoms in total. The number of fused-ring (bicyclic) bond motifs is 1. The molecular weight excluding hydrogens is 204 g/mol. The highest BCUT2D eigenvalue weighted by molar-refractivity contribution is 5.86. The highest BCUT2D eigenvalue weighted by Gasteiger charge is 2.14. The van der Waals surface area contributed by atoms with Crippen LogP contribution in [-0.2, 0) is 17.6 Å². The largest absolute Gasteiger partial charge is 0.507 e. The van der Waals surface area contributed by atoms with Gasteiger partial charge in [0.15, 0.2) is 0 Å². The predicted octanol–water partition coefficient (Wildman–Crippen LogP) is 2.37. The first-order chi connectivity index (χ1) is 7.68. The van der Waals surface area contributed by atoms with E-state index in [1.807, 2.05) is 6.07 Å². The zero-order valence-corrected chi connectivity index (χ0v) is 8.94. The summed E-state index contributed by atoms with van der Waals surface area (Å²) >= 11 is 0. The van der Waals surface area contributed by atoms with Crippen molar-refractivity contribution in [3.8, 4) is 5.75 Å². The third kappa shape index (κ3) is 2.08. The molecule has 0 saturated heterocycles. The molecule has 0 heterocycles. The molecule has 0 saturated carbocycles. The average molecular weight is 218 g/mol. The molecule has 0 aromatic heterocycles. The number of phenols is 1. The fraction of sp³-hybridized carbons (Fsp3) is 0.308. The van der Waals surface area contributed by atoms with Gasteiger partial charge in [-0.05, 0) is 42.9 Å². The first-order valence-electron chi connectivity index (χ1n) is 5.43. The molecule has 2 rings (SSSR count). The number of aliphatic carboxylic acids is 1. The maximum absolute atomic E-state index is 10.4. The predicted molar refractivity (Wildman–Crippen MR) is 61.4 cm³/mol. The summed E-state index contributed by atoms with van der Waals surface area (Å²) in [5.74, 6) is -0.758. The second-order valence-electron chi connectivity index (χ2n) is 4.02. The molecule has 84 valence electrons. The lowest BCUT2D eigenvalue weighted by Gasteiger charge is -2.17. The summed E-state index contributed by atoms with van der Waals surface area (Å²) < 4.78 is 0. The van der Waals surface area contributed by atoms with Gasteiger partial charge in [0, 0.05) is 11.6 Å². The van der Waals surface area contributed by atoms with E-state index in [1.165, 1.54) is 11.6 Å². The van der Waals surface area contributed by atoms with Gasteiger partial charge in [0.05, 0.1) is 0 Å². The smallest absolute Gasteiger partial charge is 0.328 e. The number of hydrogen-bond acceptors (Lipinski definition) is 2. The SMILES string of the molecule is O=C(O)C=Cc1ccc2c(c1O)CCCC2. The van der Waals surface area contributed by atoms with Crippen molar-refractivity contribution in [1.82, 2.24) is 0 Å². The van der Waals surface area contributed by atoms with Crippen LogP contribution in [0.5, 0.6) is 5.75 Å². The van der Waals surface area contributed by atoms with Crippen LogP contribution in [0.2, 0.25) is 0 Å². The van der Waals surface area contributed by atoms with Crippen molar-refractivity contribution >= 4 is 12.0 Å². The van der Waals surface area contributed by atoms with Crippen LogP contribution in [-0.4, -0.2) is 16.2 Å². The lowest BCUT2D eigenvalue weighted by Crippen LogP contribution is -2.03. The number of benzene rings is 1. The summed E-state index contributed by atoms with van der Waals surface area (Å²) in [7, 11) is 0. The number of aryl methyl sites for hydroxylation is 1. The zero-order valence-electron chi connectivity index (χ0n) is 8.94. The molecule has 16 heavy (non-hydrogen) atoms. The second kappa shape index (κ2) is 4.39. The summed E-state index contributed by atoms with van der Waals surface area (Å²) in [6, 6.07) is 3.76. The Labute approximate surface area is 94.0 Å². The van der Waals surface area contributed by atoms with Gasteiger partial charge in [-0.2, -0.15) is 0 Å². The second-order valence-corrected chi connectivity index (χ2v) is 4.02. The Balaban J connectivity index is 2.38. The number of carbonyl (C=O) groups is 1. The maximum atomic E-state index is 10.4. The van der Waals surface area contributed by atoms with Gasteiger partial charge in [0.25, 0.3) is 0 Å². The molecular formula is C13H14O3. The summed E-state index contributed by atoms with van der Waals surface area (Å²) in [5.41, 5.74) is 2.76. The molecule has 3 heteroatoms. The number of rotatable bonds is 2. The normalized spacial score (nSPS) is 15.0. The molecule has 0 radical (unpaired) electrons. The van der Waals surface area contributed by atoms with Crippen LogP contribution in [0.3, 0.4) is 0 Å². The molecule has 0 bridgehead atoms. The molecule has 1 aromatic rings. The Morgan fingerprint density at radius 1 is 1.25 bits per heavy atom. The first kappa shape index (κ1) is 10.7. The standard InChI is InChI=1S/C13H14O3/c14-12(15)8-7-10-6-5-9-3-1-2-4-11(9)13(10)16/h5-8,16H,1-4H2,(H,14,15). The molecule has 0 amide bonds. The molecule has 2 N–H and O–H groups in total. The maximum Gasteiger partial charge on any atom is 0.328 e. The van der Waals surface area contributed by atoms with E-state index in [0.717, 1.165) is 37.3 Å². The van der Waals surface area contributed by atoms with E-state index in [9.17, 15) is 9.90 Å². The van der Waals surface area contributed by atoms with Gasteiger partial charge in [-0.25, -0.2) is 4.79 Å². The third-order valence-corrected chi connectivity index (χ3v) is 2.94. The Kier molecular flexibility index (Phi) is 2.95. The molecule has 0 unspecified atom stereocenters. The van der Waals surface area contributed by atoms with Gasteiger partial charge in [0.2, 0.25) is 0 Å². The Morgan fingerprint density at radius 3 is 2.75 bits per heavy atom. The first-order valence-corrected chi connectivity index (χ1v) is 5.43. The Morgan fingerprint density at radius 2 is 2.00 bits per heavy atom. The highest BCUT2D eigenvalue weighted by atomic mass is 16.4. The minimum atomic E-state index is -1.00. The minimum absolute atomic E-state index is 0.245. The van der Waals surface area contributed by atoms with Gasteiger partial charge < -0.3 is 10.2 Å². The van der Waals surface area contributed by atoms with Gasteiger partial charge in [-0.15, -0.1) is 0 Å². The van der Waals surface area contributed by atoms with E-state index in [2.05, 4.69) is 0 Å². The van der Waals surface area contributed by atoms with Crippen LogP contribution in [0.15, 0.2) is 18.2 Å². The van der Waals surface area contributed by atoms with Crippen molar-refractivity contribution < 1.29 is 15.0 Å². The van der Waals surface area contributed by atoms with E-state index in [4.69, 9.17) is 5.11 Å². The van der Waals surface area contributed by atoms with E-state index < -0.39 is 5.97 Å². The van der Waals surface area contributed by atoms with Crippen LogP contribution in [0, 0.1) is 0 Å². The molecule has 0 fully saturated rings. The number of phenolic OH excluding ortho intramolecular Hbond substituents is 1. The Bertz CT molecular complexity index is 447. The fourth-order valence-corrected chi connectivity index (χ4v) is 2.12. The van der Waals surface area contributed by atoms with Gasteiger partial charge in [0.1, 0.15) is 5.75 Å². The van der Waals surface area contributed by atoms with E-state index >= 15 is 0 Å². The van der Waals surface area contributed by atoms with Crippen LogP contribution in [0.4, 0.5) is 0 Å². The third-order valence-electron chi connectivity index (χ3n) is 2.94. The molecule has 1 aliphatic rings. The molecule has 0 aliphatic heterocycles. The molecule has 1 aromatic carbocycles. The van der Waals surface area contributed by atoms with Crippen LogP contribution >= 0.6 is 0 Å². The van der Waals surface area contributed by atoms with Gasteiger partial charge in [-0.3, -0.25) is 0 Å². The topological polar surface area (TPSA) is 57.5 Å². The quantitative estimate of drug-likeness (QED) is 0.749. The van der Waals surface area contributed by atoms with E-state index in [1.54, 1.807) is 6.07 Å². The van der Waals surface area contributed by atoms with Crippen molar-refractivity contribution in [3.05, 3.63) is 34.9 Å². The van der Waals surface area contributed by atoms with Crippen LogP contribution < -0.4 is 0 Å². The minimum Gasteiger partial charge on any atom is -0.507 e. The lowest BCUT2D eigenvalue weighted by atomic mass is 9.89. The number of carboxylic acids is 1. The fourth-order valence-electron chi connectivity index (χ4n) is 2.12. The van der Waals surface area contributed by atoms with Gasteiger partial charge in [-0.1, -0.05) is 12.1 Å². The summed E-state index contributed by atoms with van der Waals surface area (Å²) in [4.78, 5) is 10.4. The van der Waals surface area contributed by atoms with Crippen molar-refractivity contribution in [1.29, 1.82) is 0 Å². The van der Waals surface area contributed by atoms with Crippen LogP contribution in [0.25, 0.3) is 6.08 Å². The molecule has 0 atom stereocenters. The average Bonchev–Trinajstić information content (AvgIpc) is 2.28. The summed E-state index contributed by atoms with van der Waals surface area (Å²) in [6.07, 6.45) is 6.63. The van der Waals surface area contributed by atoms with Crippen molar-refractivity contribution in [3.63, 3.8) is 0 Å². The number of carboxylic acid groups (broad SMARTS) is 1. The van der Waals surface area contributed by atoms with Crippen molar-refractivity contribution in [2.75, 3.05) is 0 Å². The number of hydrogen-bond donors (Lipinski definition) is 2. The van der Waals surface area contributed by atoms with E-state index in [-0.39, 0.29) is 5.75 Å². The van der Waals surface area contributed by atoms with Gasteiger partial charge >= 0.3 is 5.97 Å². The Hall–Kier alpha value is -1.77. The van der Waals surface area contributed by atoms with Crippen LogP contribution in [0.1, 0.15) is 29.5 Å². The highest BCUT2D eigenvalue weighted by Crippen LogP contribution is 2.32. The van der Waals surface area contributed by atoms with Crippen molar-refractivity contribution in [2.24, 2.45) is 0 Å².